The number of aromatic nitrogens is 2. The SMILES string of the molecule is CS(=O)(=O)N1CCN(c2ccc3c(=O)n(CCO)cnc3c2)CC1. The monoisotopic (exact) mass is 352 g/mol. The van der Waals surface area contributed by atoms with Gasteiger partial charge in [0, 0.05) is 31.9 Å². The van der Waals surface area contributed by atoms with E-state index in [1.165, 1.54) is 21.5 Å². The number of anilines is 1. The van der Waals surface area contributed by atoms with Crippen LogP contribution in [0.2, 0.25) is 0 Å². The van der Waals surface area contributed by atoms with E-state index in [1.54, 1.807) is 6.07 Å². The van der Waals surface area contributed by atoms with E-state index in [-0.39, 0.29) is 18.7 Å². The van der Waals surface area contributed by atoms with Crippen molar-refractivity contribution in [2.24, 2.45) is 0 Å². The standard InChI is InChI=1S/C15H20N4O4S/c1-24(22,23)19-6-4-17(5-7-19)12-2-3-13-14(10-12)16-11-18(8-9-20)15(13)21/h2-3,10-11,20H,4-9H2,1H3. The van der Waals surface area contributed by atoms with Crippen LogP contribution in [0.4, 0.5) is 5.69 Å². The Kier molecular flexibility index (Phi) is 4.57. The zero-order chi connectivity index (χ0) is 17.3. The van der Waals surface area contributed by atoms with Gasteiger partial charge in [0.15, 0.2) is 0 Å². The lowest BCUT2D eigenvalue weighted by molar-refractivity contribution is 0.274. The van der Waals surface area contributed by atoms with Crippen LogP contribution in [0.1, 0.15) is 0 Å². The van der Waals surface area contributed by atoms with Gasteiger partial charge in [-0.2, -0.15) is 4.31 Å². The first-order valence-corrected chi connectivity index (χ1v) is 9.55. The molecule has 130 valence electrons. The first kappa shape index (κ1) is 16.9. The molecular weight excluding hydrogens is 332 g/mol. The van der Waals surface area contributed by atoms with Crippen molar-refractivity contribution in [1.29, 1.82) is 0 Å². The summed E-state index contributed by atoms with van der Waals surface area (Å²) in [5.41, 5.74) is 1.34. The lowest BCUT2D eigenvalue weighted by Crippen LogP contribution is -2.48. The Labute approximate surface area is 140 Å². The third-order valence-corrected chi connectivity index (χ3v) is 5.53. The fourth-order valence-electron chi connectivity index (χ4n) is 2.89. The molecule has 1 N–H and O–H groups in total. The topological polar surface area (TPSA) is 95.7 Å². The molecule has 0 aliphatic carbocycles. The summed E-state index contributed by atoms with van der Waals surface area (Å²) in [5, 5.41) is 9.47. The van der Waals surface area contributed by atoms with Crippen LogP contribution in [0.25, 0.3) is 10.9 Å². The maximum absolute atomic E-state index is 12.3. The number of sulfonamides is 1. The highest BCUT2D eigenvalue weighted by Crippen LogP contribution is 2.21. The summed E-state index contributed by atoms with van der Waals surface area (Å²) < 4.78 is 26.0. The van der Waals surface area contributed by atoms with Crippen LogP contribution >= 0.6 is 0 Å². The number of hydrogen-bond donors (Lipinski definition) is 1. The van der Waals surface area contributed by atoms with E-state index >= 15 is 0 Å². The van der Waals surface area contributed by atoms with Gasteiger partial charge in [0.2, 0.25) is 10.0 Å². The zero-order valence-electron chi connectivity index (χ0n) is 13.4. The van der Waals surface area contributed by atoms with Gasteiger partial charge in [-0.15, -0.1) is 0 Å². The molecule has 2 heterocycles. The van der Waals surface area contributed by atoms with E-state index in [0.29, 0.717) is 37.1 Å². The molecule has 0 saturated carbocycles. The summed E-state index contributed by atoms with van der Waals surface area (Å²) in [6, 6.07) is 5.43. The molecule has 1 aliphatic rings. The minimum Gasteiger partial charge on any atom is -0.395 e. The van der Waals surface area contributed by atoms with Crippen molar-refractivity contribution in [2.75, 3.05) is 43.9 Å². The van der Waals surface area contributed by atoms with Crippen molar-refractivity contribution in [3.8, 4) is 0 Å². The van der Waals surface area contributed by atoms with Crippen LogP contribution in [-0.2, 0) is 16.6 Å². The first-order valence-electron chi connectivity index (χ1n) is 7.70. The minimum atomic E-state index is -3.15. The third-order valence-electron chi connectivity index (χ3n) is 4.22. The van der Waals surface area contributed by atoms with E-state index in [9.17, 15) is 13.2 Å². The molecule has 8 nitrogen and oxygen atoms in total. The smallest absolute Gasteiger partial charge is 0.261 e. The normalized spacial score (nSPS) is 16.7. The van der Waals surface area contributed by atoms with Gasteiger partial charge in [-0.3, -0.25) is 9.36 Å². The molecule has 1 saturated heterocycles. The second kappa shape index (κ2) is 6.50. The van der Waals surface area contributed by atoms with Crippen molar-refractivity contribution in [1.82, 2.24) is 13.9 Å². The molecule has 1 aromatic carbocycles. The molecule has 9 heteroatoms. The predicted octanol–water partition coefficient (Wildman–Crippen LogP) is -0.530. The summed E-state index contributed by atoms with van der Waals surface area (Å²) >= 11 is 0. The molecule has 0 amide bonds. The van der Waals surface area contributed by atoms with Gasteiger partial charge < -0.3 is 10.0 Å². The van der Waals surface area contributed by atoms with Gasteiger partial charge in [0.05, 0.1) is 36.6 Å². The molecule has 1 fully saturated rings. The summed E-state index contributed by atoms with van der Waals surface area (Å²) in [7, 11) is -3.15. The number of benzene rings is 1. The minimum absolute atomic E-state index is 0.115. The van der Waals surface area contributed by atoms with Crippen LogP contribution in [0.15, 0.2) is 29.3 Å². The molecular formula is C15H20N4O4S. The van der Waals surface area contributed by atoms with Gasteiger partial charge >= 0.3 is 0 Å². The van der Waals surface area contributed by atoms with Crippen LogP contribution in [-0.4, -0.2) is 66.4 Å². The Balaban J connectivity index is 1.85. The Morgan fingerprint density at radius 1 is 1.21 bits per heavy atom. The fourth-order valence-corrected chi connectivity index (χ4v) is 3.71. The lowest BCUT2D eigenvalue weighted by Gasteiger charge is -2.34. The molecule has 0 unspecified atom stereocenters. The van der Waals surface area contributed by atoms with Gasteiger partial charge in [0.1, 0.15) is 0 Å². The number of nitrogens with zero attached hydrogens (tertiary/aromatic N) is 4. The maximum Gasteiger partial charge on any atom is 0.261 e. The third kappa shape index (κ3) is 3.28. The second-order valence-corrected chi connectivity index (χ2v) is 7.80. The zero-order valence-corrected chi connectivity index (χ0v) is 14.2. The Morgan fingerprint density at radius 3 is 2.54 bits per heavy atom. The highest BCUT2D eigenvalue weighted by atomic mass is 32.2. The van der Waals surface area contributed by atoms with E-state index in [1.807, 2.05) is 12.1 Å². The lowest BCUT2D eigenvalue weighted by atomic mass is 10.2. The highest BCUT2D eigenvalue weighted by molar-refractivity contribution is 7.88. The molecule has 1 aromatic heterocycles. The molecule has 0 atom stereocenters. The van der Waals surface area contributed by atoms with Crippen LogP contribution < -0.4 is 10.5 Å². The molecule has 2 aromatic rings. The molecule has 0 bridgehead atoms. The van der Waals surface area contributed by atoms with E-state index < -0.39 is 10.0 Å². The average molecular weight is 352 g/mol. The molecule has 1 aliphatic heterocycles. The Hall–Kier alpha value is -1.97. The predicted molar refractivity (Wildman–Crippen MR) is 91.7 cm³/mol. The van der Waals surface area contributed by atoms with Gasteiger partial charge in [-0.05, 0) is 18.2 Å². The summed E-state index contributed by atoms with van der Waals surface area (Å²) in [6.07, 6.45) is 2.66. The van der Waals surface area contributed by atoms with Crippen LogP contribution in [0, 0.1) is 0 Å². The quantitative estimate of drug-likeness (QED) is 0.795. The van der Waals surface area contributed by atoms with Crippen molar-refractivity contribution >= 4 is 26.6 Å². The van der Waals surface area contributed by atoms with Gasteiger partial charge in [0.25, 0.3) is 5.56 Å². The summed E-state index contributed by atoms with van der Waals surface area (Å²) in [6.45, 7) is 2.19. The number of fused-ring (bicyclic) bond motifs is 1. The van der Waals surface area contributed by atoms with E-state index in [4.69, 9.17) is 5.11 Å². The number of aliphatic hydroxyl groups excluding tert-OH is 1. The highest BCUT2D eigenvalue weighted by Gasteiger charge is 2.23. The number of hydrogen-bond acceptors (Lipinski definition) is 6. The molecule has 0 radical (unpaired) electrons. The fraction of sp³-hybridized carbons (Fsp3) is 0.467. The van der Waals surface area contributed by atoms with E-state index in [2.05, 4.69) is 9.88 Å². The Morgan fingerprint density at radius 2 is 1.92 bits per heavy atom. The number of rotatable bonds is 4. The van der Waals surface area contributed by atoms with Crippen LogP contribution in [0.3, 0.4) is 0 Å². The number of aliphatic hydroxyl groups is 1. The van der Waals surface area contributed by atoms with Gasteiger partial charge in [-0.25, -0.2) is 13.4 Å². The van der Waals surface area contributed by atoms with Crippen LogP contribution in [0.5, 0.6) is 0 Å². The summed E-state index contributed by atoms with van der Waals surface area (Å²) in [4.78, 5) is 18.7. The molecule has 3 rings (SSSR count). The maximum atomic E-state index is 12.3. The molecule has 0 spiro atoms. The van der Waals surface area contributed by atoms with Crippen molar-refractivity contribution in [3.63, 3.8) is 0 Å². The molecule has 24 heavy (non-hydrogen) atoms. The summed E-state index contributed by atoms with van der Waals surface area (Å²) in [5.74, 6) is 0. The number of piperazine rings is 1. The Bertz CT molecular complexity index is 901. The van der Waals surface area contributed by atoms with Crippen molar-refractivity contribution < 1.29 is 13.5 Å². The second-order valence-electron chi connectivity index (χ2n) is 5.82. The first-order chi connectivity index (χ1) is 11.4. The average Bonchev–Trinajstić information content (AvgIpc) is 2.57. The van der Waals surface area contributed by atoms with Crippen molar-refractivity contribution in [2.45, 2.75) is 6.54 Å². The van der Waals surface area contributed by atoms with E-state index in [0.717, 1.165) is 5.69 Å². The van der Waals surface area contributed by atoms with Crippen molar-refractivity contribution in [3.05, 3.63) is 34.9 Å². The largest absolute Gasteiger partial charge is 0.395 e. The van der Waals surface area contributed by atoms with Gasteiger partial charge in [-0.1, -0.05) is 0 Å².